The number of carbonyl (C=O) groups excluding carboxylic acids is 1. The molecule has 2 nitrogen and oxygen atoms in total. The molecule has 1 aliphatic rings. The molecule has 1 aromatic rings. The minimum Gasteiger partial charge on any atom is -0.300 e. The summed E-state index contributed by atoms with van der Waals surface area (Å²) in [6, 6.07) is 11.9. The second-order valence-corrected chi connectivity index (χ2v) is 3.82. The van der Waals surface area contributed by atoms with Crippen LogP contribution in [0.3, 0.4) is 0 Å². The van der Waals surface area contributed by atoms with Gasteiger partial charge in [0.1, 0.15) is 5.78 Å². The summed E-state index contributed by atoms with van der Waals surface area (Å²) in [6.45, 7) is 1.56. The maximum Gasteiger partial charge on any atom is 0.134 e. The molecule has 0 aliphatic heterocycles. The van der Waals surface area contributed by atoms with Crippen LogP contribution in [0.5, 0.6) is 0 Å². The van der Waals surface area contributed by atoms with Crippen molar-refractivity contribution in [2.75, 3.05) is 0 Å². The number of benzene rings is 1. The van der Waals surface area contributed by atoms with E-state index in [1.165, 1.54) is 0 Å². The Balaban J connectivity index is 2.36. The third-order valence-electron chi connectivity index (χ3n) is 2.94. The van der Waals surface area contributed by atoms with E-state index in [0.29, 0.717) is 6.42 Å². The van der Waals surface area contributed by atoms with Gasteiger partial charge in [0.05, 0.1) is 11.5 Å². The number of ketones is 1. The van der Waals surface area contributed by atoms with E-state index in [0.717, 1.165) is 5.56 Å². The van der Waals surface area contributed by atoms with Gasteiger partial charge in [0.15, 0.2) is 0 Å². The molecular weight excluding hydrogens is 174 g/mol. The SMILES string of the molecule is CC(=O)[C@@H]1C[C@@]1(C#N)c1ccccc1. The third kappa shape index (κ3) is 1.13. The van der Waals surface area contributed by atoms with Crippen LogP contribution in [0.25, 0.3) is 0 Å². The molecule has 0 N–H and O–H groups in total. The van der Waals surface area contributed by atoms with Gasteiger partial charge in [0.25, 0.3) is 0 Å². The number of rotatable bonds is 2. The van der Waals surface area contributed by atoms with Crippen LogP contribution < -0.4 is 0 Å². The normalized spacial score (nSPS) is 29.3. The third-order valence-corrected chi connectivity index (χ3v) is 2.94. The lowest BCUT2D eigenvalue weighted by Crippen LogP contribution is -2.11. The van der Waals surface area contributed by atoms with Gasteiger partial charge in [0, 0.05) is 5.92 Å². The van der Waals surface area contributed by atoms with Crippen LogP contribution in [0.1, 0.15) is 18.9 Å². The fraction of sp³-hybridized carbons (Fsp3) is 0.333. The van der Waals surface area contributed by atoms with Crippen LogP contribution in [-0.4, -0.2) is 5.78 Å². The van der Waals surface area contributed by atoms with Crippen LogP contribution in [0.15, 0.2) is 30.3 Å². The number of hydrogen-bond acceptors (Lipinski definition) is 2. The van der Waals surface area contributed by atoms with Gasteiger partial charge in [0.2, 0.25) is 0 Å². The highest BCUT2D eigenvalue weighted by molar-refractivity contribution is 5.85. The fourth-order valence-electron chi connectivity index (χ4n) is 2.00. The lowest BCUT2D eigenvalue weighted by atomic mass is 9.94. The molecular formula is C12H11NO. The lowest BCUT2D eigenvalue weighted by Gasteiger charge is -2.06. The van der Waals surface area contributed by atoms with Crippen molar-refractivity contribution in [1.29, 1.82) is 5.26 Å². The summed E-state index contributed by atoms with van der Waals surface area (Å²) in [5.74, 6) is 0.0327. The van der Waals surface area contributed by atoms with Crippen molar-refractivity contribution in [2.24, 2.45) is 5.92 Å². The quantitative estimate of drug-likeness (QED) is 0.707. The first-order valence-corrected chi connectivity index (χ1v) is 4.68. The first kappa shape index (κ1) is 8.96. The molecule has 0 radical (unpaired) electrons. The monoisotopic (exact) mass is 185 g/mol. The molecule has 1 aromatic carbocycles. The van der Waals surface area contributed by atoms with Crippen molar-refractivity contribution in [1.82, 2.24) is 0 Å². The van der Waals surface area contributed by atoms with Gasteiger partial charge >= 0.3 is 0 Å². The molecule has 0 amide bonds. The zero-order valence-electron chi connectivity index (χ0n) is 8.03. The Morgan fingerprint density at radius 2 is 2.14 bits per heavy atom. The predicted octanol–water partition coefficient (Wildman–Crippen LogP) is 2.06. The van der Waals surface area contributed by atoms with Gasteiger partial charge in [-0.15, -0.1) is 0 Å². The highest BCUT2D eigenvalue weighted by atomic mass is 16.1. The number of hydrogen-bond donors (Lipinski definition) is 0. The van der Waals surface area contributed by atoms with E-state index < -0.39 is 5.41 Å². The van der Waals surface area contributed by atoms with Crippen LogP contribution in [-0.2, 0) is 10.2 Å². The molecule has 0 heterocycles. The van der Waals surface area contributed by atoms with E-state index in [2.05, 4.69) is 6.07 Å². The molecule has 1 fully saturated rings. The Kier molecular flexibility index (Phi) is 1.89. The highest BCUT2D eigenvalue weighted by Gasteiger charge is 2.58. The minimum atomic E-state index is -0.521. The Morgan fingerprint density at radius 1 is 1.50 bits per heavy atom. The van der Waals surface area contributed by atoms with Gasteiger partial charge in [-0.25, -0.2) is 0 Å². The summed E-state index contributed by atoms with van der Waals surface area (Å²) < 4.78 is 0. The summed E-state index contributed by atoms with van der Waals surface area (Å²) in [5.41, 5.74) is 0.454. The van der Waals surface area contributed by atoms with E-state index in [1.54, 1.807) is 6.92 Å². The van der Waals surface area contributed by atoms with Crippen molar-refractivity contribution in [3.63, 3.8) is 0 Å². The highest BCUT2D eigenvalue weighted by Crippen LogP contribution is 2.54. The molecule has 14 heavy (non-hydrogen) atoms. The maximum absolute atomic E-state index is 11.2. The Labute approximate surface area is 83.2 Å². The molecule has 1 aliphatic carbocycles. The molecule has 70 valence electrons. The zero-order chi connectivity index (χ0) is 10.2. The topological polar surface area (TPSA) is 40.9 Å². The van der Waals surface area contributed by atoms with Crippen LogP contribution in [0.2, 0.25) is 0 Å². The molecule has 0 spiro atoms. The summed E-state index contributed by atoms with van der Waals surface area (Å²) in [7, 11) is 0. The Hall–Kier alpha value is -1.62. The zero-order valence-corrected chi connectivity index (χ0v) is 8.03. The minimum absolute atomic E-state index is 0.0881. The van der Waals surface area contributed by atoms with E-state index in [4.69, 9.17) is 5.26 Å². The van der Waals surface area contributed by atoms with Crippen molar-refractivity contribution in [2.45, 2.75) is 18.8 Å². The second kappa shape index (κ2) is 2.95. The first-order chi connectivity index (χ1) is 6.70. The predicted molar refractivity (Wildman–Crippen MR) is 52.5 cm³/mol. The summed E-state index contributed by atoms with van der Waals surface area (Å²) >= 11 is 0. The van der Waals surface area contributed by atoms with Crippen molar-refractivity contribution < 1.29 is 4.79 Å². The van der Waals surface area contributed by atoms with Crippen LogP contribution in [0.4, 0.5) is 0 Å². The maximum atomic E-state index is 11.2. The number of nitrogens with zero attached hydrogens (tertiary/aromatic N) is 1. The van der Waals surface area contributed by atoms with E-state index >= 15 is 0 Å². The molecule has 0 aromatic heterocycles. The number of Topliss-reactive ketones (excluding diaryl/α,β-unsaturated/α-hetero) is 1. The molecule has 2 atom stereocenters. The van der Waals surface area contributed by atoms with Gasteiger partial charge < -0.3 is 0 Å². The Bertz CT molecular complexity index is 404. The Morgan fingerprint density at radius 3 is 2.57 bits per heavy atom. The summed E-state index contributed by atoms with van der Waals surface area (Å²) in [5, 5.41) is 9.13. The van der Waals surface area contributed by atoms with Gasteiger partial charge in [-0.2, -0.15) is 5.26 Å². The molecule has 2 heteroatoms. The number of nitriles is 1. The average molecular weight is 185 g/mol. The van der Waals surface area contributed by atoms with E-state index in [-0.39, 0.29) is 11.7 Å². The standard InChI is InChI=1S/C12H11NO/c1-9(14)11-7-12(11,8-13)10-5-3-2-4-6-10/h2-6,11H,7H2,1H3/t11-,12+/m0/s1. The van der Waals surface area contributed by atoms with Gasteiger partial charge in [-0.1, -0.05) is 30.3 Å². The van der Waals surface area contributed by atoms with E-state index in [1.807, 2.05) is 30.3 Å². The first-order valence-electron chi connectivity index (χ1n) is 4.68. The van der Waals surface area contributed by atoms with Crippen molar-refractivity contribution in [3.8, 4) is 6.07 Å². The largest absolute Gasteiger partial charge is 0.300 e. The van der Waals surface area contributed by atoms with Crippen LogP contribution >= 0.6 is 0 Å². The second-order valence-electron chi connectivity index (χ2n) is 3.82. The molecule has 1 saturated carbocycles. The van der Waals surface area contributed by atoms with E-state index in [9.17, 15) is 4.79 Å². The lowest BCUT2D eigenvalue weighted by molar-refractivity contribution is -0.118. The van der Waals surface area contributed by atoms with Gasteiger partial charge in [-0.05, 0) is 18.9 Å². The van der Waals surface area contributed by atoms with Crippen molar-refractivity contribution >= 4 is 5.78 Å². The molecule has 0 bridgehead atoms. The van der Waals surface area contributed by atoms with Crippen molar-refractivity contribution in [3.05, 3.63) is 35.9 Å². The average Bonchev–Trinajstić information content (AvgIpc) is 2.95. The molecule has 2 rings (SSSR count). The smallest absolute Gasteiger partial charge is 0.134 e. The summed E-state index contributed by atoms with van der Waals surface area (Å²) in [6.07, 6.45) is 0.683. The molecule has 0 saturated heterocycles. The number of carbonyl (C=O) groups is 1. The fourth-order valence-corrected chi connectivity index (χ4v) is 2.00. The molecule has 0 unspecified atom stereocenters. The van der Waals surface area contributed by atoms with Crippen LogP contribution in [0, 0.1) is 17.2 Å². The van der Waals surface area contributed by atoms with Gasteiger partial charge in [-0.3, -0.25) is 4.79 Å². The summed E-state index contributed by atoms with van der Waals surface area (Å²) in [4.78, 5) is 11.2.